The molecule has 2 atom stereocenters. The van der Waals surface area contributed by atoms with Gasteiger partial charge in [-0.15, -0.1) is 0 Å². The van der Waals surface area contributed by atoms with Crippen molar-refractivity contribution in [3.63, 3.8) is 0 Å². The zero-order chi connectivity index (χ0) is 14.3. The maximum absolute atomic E-state index is 13.9. The van der Waals surface area contributed by atoms with Crippen molar-refractivity contribution in [3.05, 3.63) is 60.7 Å². The maximum atomic E-state index is 13.9. The normalized spacial score (nSPS) is 27.3. The van der Waals surface area contributed by atoms with E-state index in [1.165, 1.54) is 6.42 Å². The quantitative estimate of drug-likeness (QED) is 0.640. The largest absolute Gasteiger partial charge is 0.366 e. The molecule has 21 heavy (non-hydrogen) atoms. The molecule has 0 aromatic heterocycles. The van der Waals surface area contributed by atoms with Gasteiger partial charge in [0.1, 0.15) is 12.7 Å². The molecule has 2 aromatic rings. The third kappa shape index (κ3) is 2.18. The second-order valence-electron chi connectivity index (χ2n) is 6.13. The lowest BCUT2D eigenvalue weighted by atomic mass is 10.1. The molecule has 108 valence electrons. The van der Waals surface area contributed by atoms with Gasteiger partial charge in [0.2, 0.25) is 0 Å². The number of epoxide rings is 1. The van der Waals surface area contributed by atoms with E-state index in [-0.39, 0.29) is 5.60 Å². The summed E-state index contributed by atoms with van der Waals surface area (Å²) in [5, 5.41) is 1.90. The molecule has 2 aromatic carbocycles. The van der Waals surface area contributed by atoms with Gasteiger partial charge < -0.3 is 9.30 Å². The molecule has 1 aliphatic heterocycles. The smallest absolute Gasteiger partial charge is 0.146 e. The molecule has 1 aliphatic carbocycles. The first-order chi connectivity index (χ1) is 10.2. The Balaban J connectivity index is 1.78. The van der Waals surface area contributed by atoms with Crippen molar-refractivity contribution in [1.29, 1.82) is 0 Å². The number of benzene rings is 2. The second-order valence-corrected chi connectivity index (χ2v) is 8.96. The summed E-state index contributed by atoms with van der Waals surface area (Å²) in [5.74, 6) is 0. The van der Waals surface area contributed by atoms with E-state index >= 15 is 0 Å². The van der Waals surface area contributed by atoms with Crippen LogP contribution in [-0.4, -0.2) is 17.9 Å². The highest BCUT2D eigenvalue weighted by molar-refractivity contribution is 7.78. The minimum Gasteiger partial charge on any atom is -0.366 e. The second kappa shape index (κ2) is 4.83. The van der Waals surface area contributed by atoms with Crippen LogP contribution >= 0.6 is 7.14 Å². The van der Waals surface area contributed by atoms with Crippen LogP contribution in [0.4, 0.5) is 0 Å². The molecule has 2 unspecified atom stereocenters. The lowest BCUT2D eigenvalue weighted by Crippen LogP contribution is -2.27. The topological polar surface area (TPSA) is 29.6 Å². The van der Waals surface area contributed by atoms with Crippen molar-refractivity contribution in [1.82, 2.24) is 0 Å². The standard InChI is InChI=1S/C18H19O2P/c19-21(15-8-3-1-4-9-15,16-10-5-2-6-11-16)14-18-13-7-12-17(18)20-18/h1-6,8-11,17H,7,12-14H2. The Hall–Kier alpha value is -1.37. The monoisotopic (exact) mass is 298 g/mol. The summed E-state index contributed by atoms with van der Waals surface area (Å²) in [4.78, 5) is 0. The molecule has 3 heteroatoms. The van der Waals surface area contributed by atoms with Crippen molar-refractivity contribution in [2.24, 2.45) is 0 Å². The van der Waals surface area contributed by atoms with Gasteiger partial charge in [-0.25, -0.2) is 0 Å². The van der Waals surface area contributed by atoms with Crippen LogP contribution < -0.4 is 10.6 Å². The van der Waals surface area contributed by atoms with Crippen molar-refractivity contribution in [2.75, 3.05) is 6.16 Å². The van der Waals surface area contributed by atoms with E-state index < -0.39 is 7.14 Å². The Kier molecular flexibility index (Phi) is 3.06. The summed E-state index contributed by atoms with van der Waals surface area (Å²) in [6.45, 7) is 0. The van der Waals surface area contributed by atoms with Crippen LogP contribution in [0.2, 0.25) is 0 Å². The molecule has 0 amide bonds. The number of rotatable bonds is 4. The fraction of sp³-hybridized carbons (Fsp3) is 0.333. The van der Waals surface area contributed by atoms with E-state index in [1.807, 2.05) is 60.7 Å². The first-order valence-electron chi connectivity index (χ1n) is 7.61. The molecular formula is C18H19O2P. The zero-order valence-electron chi connectivity index (χ0n) is 11.9. The molecule has 0 spiro atoms. The molecular weight excluding hydrogens is 279 g/mol. The van der Waals surface area contributed by atoms with Gasteiger partial charge in [0.15, 0.2) is 0 Å². The lowest BCUT2D eigenvalue weighted by molar-refractivity contribution is 0.267. The third-order valence-electron chi connectivity index (χ3n) is 4.81. The van der Waals surface area contributed by atoms with Crippen LogP contribution in [0, 0.1) is 0 Å². The highest BCUT2D eigenvalue weighted by Gasteiger charge is 2.61. The van der Waals surface area contributed by atoms with Gasteiger partial charge in [-0.2, -0.15) is 0 Å². The van der Waals surface area contributed by atoms with E-state index in [1.54, 1.807) is 0 Å². The van der Waals surface area contributed by atoms with Gasteiger partial charge in [-0.05, 0) is 19.3 Å². The number of hydrogen-bond acceptors (Lipinski definition) is 2. The average molecular weight is 298 g/mol. The van der Waals surface area contributed by atoms with Crippen LogP contribution in [0.3, 0.4) is 0 Å². The van der Waals surface area contributed by atoms with E-state index in [2.05, 4.69) is 0 Å². The molecule has 2 nitrogen and oxygen atoms in total. The van der Waals surface area contributed by atoms with Crippen LogP contribution in [-0.2, 0) is 9.30 Å². The molecule has 1 saturated heterocycles. The minimum absolute atomic E-state index is 0.110. The lowest BCUT2D eigenvalue weighted by Gasteiger charge is -2.22. The predicted molar refractivity (Wildman–Crippen MR) is 86.1 cm³/mol. The highest BCUT2D eigenvalue weighted by Crippen LogP contribution is 2.58. The fourth-order valence-corrected chi connectivity index (χ4v) is 6.80. The summed E-state index contributed by atoms with van der Waals surface area (Å²) in [7, 11) is -2.62. The highest BCUT2D eigenvalue weighted by atomic mass is 31.2. The Labute approximate surface area is 125 Å². The minimum atomic E-state index is -2.62. The molecule has 0 bridgehead atoms. The van der Waals surface area contributed by atoms with Crippen LogP contribution in [0.5, 0.6) is 0 Å². The number of fused-ring (bicyclic) bond motifs is 1. The summed E-state index contributed by atoms with van der Waals surface area (Å²) in [6, 6.07) is 19.8. The molecule has 1 heterocycles. The average Bonchev–Trinajstić information content (AvgIpc) is 3.08. The molecule has 4 rings (SSSR count). The van der Waals surface area contributed by atoms with Crippen molar-refractivity contribution < 1.29 is 9.30 Å². The summed E-state index contributed by atoms with van der Waals surface area (Å²) in [5.41, 5.74) is -0.110. The van der Waals surface area contributed by atoms with Crippen LogP contribution in [0.25, 0.3) is 0 Å². The van der Waals surface area contributed by atoms with Crippen LogP contribution in [0.1, 0.15) is 19.3 Å². The fourth-order valence-electron chi connectivity index (χ4n) is 3.64. The van der Waals surface area contributed by atoms with E-state index in [0.29, 0.717) is 12.3 Å². The van der Waals surface area contributed by atoms with Gasteiger partial charge in [-0.3, -0.25) is 0 Å². The van der Waals surface area contributed by atoms with Crippen LogP contribution in [0.15, 0.2) is 60.7 Å². The summed E-state index contributed by atoms with van der Waals surface area (Å²) in [6.07, 6.45) is 4.39. The Bertz CT molecular complexity index is 639. The van der Waals surface area contributed by atoms with Gasteiger partial charge in [0.25, 0.3) is 0 Å². The predicted octanol–water partition coefficient (Wildman–Crippen LogP) is 3.32. The molecule has 1 saturated carbocycles. The summed E-state index contributed by atoms with van der Waals surface area (Å²) < 4.78 is 19.8. The molecule has 2 fully saturated rings. The SMILES string of the molecule is O=P(CC12CCCC1O2)(c1ccccc1)c1ccccc1. The van der Waals surface area contributed by atoms with Crippen molar-refractivity contribution in [3.8, 4) is 0 Å². The molecule has 0 N–H and O–H groups in total. The number of hydrogen-bond donors (Lipinski definition) is 0. The molecule has 2 aliphatic rings. The van der Waals surface area contributed by atoms with Gasteiger partial charge in [0, 0.05) is 16.8 Å². The Morgan fingerprint density at radius 3 is 2.00 bits per heavy atom. The van der Waals surface area contributed by atoms with Crippen molar-refractivity contribution in [2.45, 2.75) is 31.0 Å². The van der Waals surface area contributed by atoms with E-state index in [4.69, 9.17) is 4.74 Å². The Morgan fingerprint density at radius 2 is 1.57 bits per heavy atom. The van der Waals surface area contributed by atoms with Crippen molar-refractivity contribution >= 4 is 17.8 Å². The van der Waals surface area contributed by atoms with Gasteiger partial charge >= 0.3 is 0 Å². The first kappa shape index (κ1) is 13.3. The third-order valence-corrected chi connectivity index (χ3v) is 8.05. The van der Waals surface area contributed by atoms with Gasteiger partial charge in [0.05, 0.1) is 6.10 Å². The first-order valence-corrected chi connectivity index (χ1v) is 9.50. The summed E-state index contributed by atoms with van der Waals surface area (Å²) >= 11 is 0. The van der Waals surface area contributed by atoms with Gasteiger partial charge in [-0.1, -0.05) is 60.7 Å². The van der Waals surface area contributed by atoms with E-state index in [0.717, 1.165) is 23.5 Å². The van der Waals surface area contributed by atoms with E-state index in [9.17, 15) is 4.57 Å². The Morgan fingerprint density at radius 1 is 1.00 bits per heavy atom. The zero-order valence-corrected chi connectivity index (χ0v) is 12.8. The molecule has 0 radical (unpaired) electrons. The maximum Gasteiger partial charge on any atom is 0.146 e. The number of ether oxygens (including phenoxy) is 1.